The van der Waals surface area contributed by atoms with E-state index in [2.05, 4.69) is 27.7 Å². The zero-order chi connectivity index (χ0) is 14.5. The highest BCUT2D eigenvalue weighted by atomic mass is 16.5. The lowest BCUT2D eigenvalue weighted by atomic mass is 10.0. The Morgan fingerprint density at radius 2 is 1.85 bits per heavy atom. The predicted molar refractivity (Wildman–Crippen MR) is 75.2 cm³/mol. The minimum atomic E-state index is -0.357. The first kappa shape index (κ1) is 14.5. The van der Waals surface area contributed by atoms with E-state index >= 15 is 0 Å². The molecule has 20 heavy (non-hydrogen) atoms. The monoisotopic (exact) mass is 273 g/mol. The van der Waals surface area contributed by atoms with Crippen molar-refractivity contribution in [2.75, 3.05) is 40.3 Å². The van der Waals surface area contributed by atoms with E-state index in [4.69, 9.17) is 0 Å². The molecule has 1 heterocycles. The van der Waals surface area contributed by atoms with Gasteiger partial charge in [-0.05, 0) is 24.7 Å². The third-order valence-corrected chi connectivity index (χ3v) is 3.67. The van der Waals surface area contributed by atoms with Gasteiger partial charge in [0.05, 0.1) is 18.7 Å². The third-order valence-electron chi connectivity index (χ3n) is 3.67. The minimum Gasteiger partial charge on any atom is -0.465 e. The smallest absolute Gasteiger partial charge is 0.337 e. The van der Waals surface area contributed by atoms with E-state index in [-0.39, 0.29) is 12.0 Å². The maximum atomic E-state index is 11.4. The van der Waals surface area contributed by atoms with Crippen LogP contribution in [-0.2, 0) is 4.74 Å². The SMILES string of the molecule is COC(=O)c1ccc(C(C#N)N2CCN(C)CC2)cc1. The van der Waals surface area contributed by atoms with Gasteiger partial charge in [-0.2, -0.15) is 5.26 Å². The van der Waals surface area contributed by atoms with Gasteiger partial charge >= 0.3 is 5.97 Å². The number of ether oxygens (including phenoxy) is 1. The Bertz CT molecular complexity index is 499. The van der Waals surface area contributed by atoms with Crippen LogP contribution in [0.15, 0.2) is 24.3 Å². The maximum absolute atomic E-state index is 11.4. The summed E-state index contributed by atoms with van der Waals surface area (Å²) in [6.45, 7) is 3.71. The van der Waals surface area contributed by atoms with Crippen LogP contribution in [0.2, 0.25) is 0 Å². The van der Waals surface area contributed by atoms with Crippen molar-refractivity contribution in [3.05, 3.63) is 35.4 Å². The van der Waals surface area contributed by atoms with Crippen molar-refractivity contribution >= 4 is 5.97 Å². The standard InChI is InChI=1S/C15H19N3O2/c1-17-7-9-18(10-8-17)14(11-16)12-3-5-13(6-4-12)15(19)20-2/h3-6,14H,7-10H2,1-2H3. The zero-order valence-corrected chi connectivity index (χ0v) is 11.9. The summed E-state index contributed by atoms with van der Waals surface area (Å²) in [7, 11) is 3.45. The van der Waals surface area contributed by atoms with E-state index in [0.29, 0.717) is 5.56 Å². The number of carbonyl (C=O) groups is 1. The molecular formula is C15H19N3O2. The van der Waals surface area contributed by atoms with Crippen molar-refractivity contribution in [1.29, 1.82) is 5.26 Å². The van der Waals surface area contributed by atoms with Gasteiger partial charge in [-0.1, -0.05) is 12.1 Å². The fraction of sp³-hybridized carbons (Fsp3) is 0.467. The van der Waals surface area contributed by atoms with Crippen LogP contribution in [0.4, 0.5) is 0 Å². The molecule has 0 radical (unpaired) electrons. The molecule has 1 aromatic carbocycles. The number of methoxy groups -OCH3 is 1. The Kier molecular flexibility index (Phi) is 4.72. The molecule has 1 aliphatic rings. The number of rotatable bonds is 3. The molecule has 106 valence electrons. The molecule has 1 unspecified atom stereocenters. The second-order valence-electron chi connectivity index (χ2n) is 4.98. The molecular weight excluding hydrogens is 254 g/mol. The van der Waals surface area contributed by atoms with Crippen LogP contribution in [0.1, 0.15) is 22.0 Å². The second kappa shape index (κ2) is 6.51. The predicted octanol–water partition coefficient (Wildman–Crippen LogP) is 1.29. The molecule has 5 heteroatoms. The van der Waals surface area contributed by atoms with Crippen LogP contribution in [0, 0.1) is 11.3 Å². The quantitative estimate of drug-likeness (QED) is 0.777. The highest BCUT2D eigenvalue weighted by Gasteiger charge is 2.23. The molecule has 1 fully saturated rings. The Labute approximate surface area is 119 Å². The van der Waals surface area contributed by atoms with E-state index in [0.717, 1.165) is 31.7 Å². The number of hydrogen-bond acceptors (Lipinski definition) is 5. The lowest BCUT2D eigenvalue weighted by Crippen LogP contribution is -2.45. The van der Waals surface area contributed by atoms with Gasteiger partial charge in [-0.25, -0.2) is 4.79 Å². The summed E-state index contributed by atoms with van der Waals surface area (Å²) in [5.41, 5.74) is 1.43. The topological polar surface area (TPSA) is 56.6 Å². The molecule has 0 N–H and O–H groups in total. The first-order valence-corrected chi connectivity index (χ1v) is 6.66. The second-order valence-corrected chi connectivity index (χ2v) is 4.98. The number of esters is 1. The molecule has 0 aromatic heterocycles. The number of nitrogens with zero attached hydrogens (tertiary/aromatic N) is 3. The molecule has 0 bridgehead atoms. The van der Waals surface area contributed by atoms with Gasteiger partial charge in [-0.3, -0.25) is 4.90 Å². The number of piperazine rings is 1. The number of benzene rings is 1. The molecule has 0 amide bonds. The van der Waals surface area contributed by atoms with Crippen LogP contribution in [-0.4, -0.2) is 56.1 Å². The Hall–Kier alpha value is -1.90. The first-order valence-electron chi connectivity index (χ1n) is 6.66. The molecule has 0 aliphatic carbocycles. The average molecular weight is 273 g/mol. The molecule has 0 saturated carbocycles. The lowest BCUT2D eigenvalue weighted by molar-refractivity contribution is 0.0600. The summed E-state index contributed by atoms with van der Waals surface area (Å²) in [6, 6.07) is 9.19. The molecule has 1 atom stereocenters. The fourth-order valence-corrected chi connectivity index (χ4v) is 2.37. The van der Waals surface area contributed by atoms with E-state index in [1.165, 1.54) is 7.11 Å². The van der Waals surface area contributed by atoms with Gasteiger partial charge in [-0.15, -0.1) is 0 Å². The summed E-state index contributed by atoms with van der Waals surface area (Å²) in [6.07, 6.45) is 0. The Balaban J connectivity index is 2.12. The normalized spacial score (nSPS) is 18.2. The number of hydrogen-bond donors (Lipinski definition) is 0. The Morgan fingerprint density at radius 3 is 2.35 bits per heavy atom. The summed E-state index contributed by atoms with van der Waals surface area (Å²) >= 11 is 0. The van der Waals surface area contributed by atoms with E-state index < -0.39 is 0 Å². The highest BCUT2D eigenvalue weighted by Crippen LogP contribution is 2.22. The lowest BCUT2D eigenvalue weighted by Gasteiger charge is -2.35. The molecule has 1 saturated heterocycles. The van der Waals surface area contributed by atoms with E-state index in [1.807, 2.05) is 12.1 Å². The van der Waals surface area contributed by atoms with Crippen molar-refractivity contribution < 1.29 is 9.53 Å². The van der Waals surface area contributed by atoms with Crippen LogP contribution in [0.5, 0.6) is 0 Å². The molecule has 1 aromatic rings. The van der Waals surface area contributed by atoms with Crippen LogP contribution >= 0.6 is 0 Å². The minimum absolute atomic E-state index is 0.254. The molecule has 5 nitrogen and oxygen atoms in total. The van der Waals surface area contributed by atoms with Gasteiger partial charge < -0.3 is 9.64 Å². The van der Waals surface area contributed by atoms with Crippen molar-refractivity contribution in [2.45, 2.75) is 6.04 Å². The average Bonchev–Trinajstić information content (AvgIpc) is 2.50. The van der Waals surface area contributed by atoms with Crippen molar-refractivity contribution in [1.82, 2.24) is 9.80 Å². The van der Waals surface area contributed by atoms with Crippen molar-refractivity contribution in [3.63, 3.8) is 0 Å². The van der Waals surface area contributed by atoms with Crippen LogP contribution in [0.25, 0.3) is 0 Å². The highest BCUT2D eigenvalue weighted by molar-refractivity contribution is 5.89. The largest absolute Gasteiger partial charge is 0.465 e. The summed E-state index contributed by atoms with van der Waals surface area (Å²) in [5, 5.41) is 9.43. The van der Waals surface area contributed by atoms with Gasteiger partial charge in [0.25, 0.3) is 0 Å². The maximum Gasteiger partial charge on any atom is 0.337 e. The van der Waals surface area contributed by atoms with Crippen molar-refractivity contribution in [3.8, 4) is 6.07 Å². The van der Waals surface area contributed by atoms with Crippen LogP contribution < -0.4 is 0 Å². The summed E-state index contributed by atoms with van der Waals surface area (Å²) in [5.74, 6) is -0.357. The molecule has 0 spiro atoms. The summed E-state index contributed by atoms with van der Waals surface area (Å²) in [4.78, 5) is 15.8. The van der Waals surface area contributed by atoms with Gasteiger partial charge in [0.2, 0.25) is 0 Å². The zero-order valence-electron chi connectivity index (χ0n) is 11.9. The van der Waals surface area contributed by atoms with Gasteiger partial charge in [0.1, 0.15) is 6.04 Å². The van der Waals surface area contributed by atoms with Crippen molar-refractivity contribution in [2.24, 2.45) is 0 Å². The third kappa shape index (κ3) is 3.16. The summed E-state index contributed by atoms with van der Waals surface area (Å²) < 4.78 is 4.67. The molecule has 2 rings (SSSR count). The number of nitriles is 1. The van der Waals surface area contributed by atoms with Crippen LogP contribution in [0.3, 0.4) is 0 Å². The number of carbonyl (C=O) groups excluding carboxylic acids is 1. The first-order chi connectivity index (χ1) is 9.65. The van der Waals surface area contributed by atoms with Gasteiger partial charge in [0.15, 0.2) is 0 Å². The molecule has 1 aliphatic heterocycles. The van der Waals surface area contributed by atoms with E-state index in [1.54, 1.807) is 12.1 Å². The number of likely N-dealkylation sites (N-methyl/N-ethyl adjacent to an activating group) is 1. The van der Waals surface area contributed by atoms with Gasteiger partial charge in [0, 0.05) is 26.2 Å². The fourth-order valence-electron chi connectivity index (χ4n) is 2.37. The Morgan fingerprint density at radius 1 is 1.25 bits per heavy atom. The van der Waals surface area contributed by atoms with E-state index in [9.17, 15) is 10.1 Å².